The Labute approximate surface area is 103 Å². The van der Waals surface area contributed by atoms with Crippen molar-refractivity contribution in [3.05, 3.63) is 46.0 Å². The quantitative estimate of drug-likeness (QED) is 0.781. The summed E-state index contributed by atoms with van der Waals surface area (Å²) in [7, 11) is 0. The predicted molar refractivity (Wildman–Crippen MR) is 65.6 cm³/mol. The second-order valence-corrected chi connectivity index (χ2v) is 3.84. The number of fused-ring (bicyclic) bond motifs is 1. The molecule has 2 heterocycles. The number of nitrogens with zero attached hydrogens (tertiary/aromatic N) is 2. The molecule has 0 unspecified atom stereocenters. The first-order chi connectivity index (χ1) is 8.65. The van der Waals surface area contributed by atoms with Gasteiger partial charge in [-0.3, -0.25) is 14.0 Å². The molecule has 2 N–H and O–H groups in total. The van der Waals surface area contributed by atoms with Gasteiger partial charge in [-0.2, -0.15) is 0 Å². The van der Waals surface area contributed by atoms with Gasteiger partial charge in [0.05, 0.1) is 6.61 Å². The van der Waals surface area contributed by atoms with Gasteiger partial charge in [0.25, 0.3) is 11.5 Å². The molecule has 0 aliphatic rings. The Morgan fingerprint density at radius 1 is 1.56 bits per heavy atom. The molecule has 2 rings (SSSR count). The van der Waals surface area contributed by atoms with Crippen molar-refractivity contribution < 1.29 is 9.90 Å². The predicted octanol–water partition coefficient (Wildman–Crippen LogP) is -0.275. The number of rotatable bonds is 3. The minimum Gasteiger partial charge on any atom is -0.395 e. The topological polar surface area (TPSA) is 83.7 Å². The Bertz CT molecular complexity index is 649. The molecule has 6 heteroatoms. The fourth-order valence-corrected chi connectivity index (χ4v) is 1.67. The first-order valence-electron chi connectivity index (χ1n) is 5.51. The average molecular weight is 247 g/mol. The number of aryl methyl sites for hydroxylation is 1. The van der Waals surface area contributed by atoms with Crippen LogP contribution in [-0.2, 0) is 0 Å². The van der Waals surface area contributed by atoms with Crippen molar-refractivity contribution in [3.63, 3.8) is 0 Å². The maximum absolute atomic E-state index is 12.1. The molecular formula is C12H13N3O3. The lowest BCUT2D eigenvalue weighted by molar-refractivity contribution is 0.0942. The Hall–Kier alpha value is -2.21. The number of nitrogens with one attached hydrogen (secondary N) is 1. The number of aromatic nitrogens is 2. The molecule has 6 nitrogen and oxygen atoms in total. The van der Waals surface area contributed by atoms with E-state index in [0.29, 0.717) is 5.65 Å². The minimum absolute atomic E-state index is 0.0356. The molecule has 0 aliphatic carbocycles. The molecule has 0 saturated carbocycles. The number of aliphatic hydroxyl groups is 1. The summed E-state index contributed by atoms with van der Waals surface area (Å²) in [6.07, 6.45) is 2.83. The second-order valence-electron chi connectivity index (χ2n) is 3.84. The third kappa shape index (κ3) is 2.10. The Morgan fingerprint density at radius 2 is 2.33 bits per heavy atom. The van der Waals surface area contributed by atoms with Crippen LogP contribution in [0.1, 0.15) is 15.9 Å². The van der Waals surface area contributed by atoms with Crippen LogP contribution in [0, 0.1) is 6.92 Å². The van der Waals surface area contributed by atoms with Crippen molar-refractivity contribution in [3.8, 4) is 0 Å². The molecule has 18 heavy (non-hydrogen) atoms. The lowest BCUT2D eigenvalue weighted by Crippen LogP contribution is -2.33. The number of carbonyl (C=O) groups is 1. The summed E-state index contributed by atoms with van der Waals surface area (Å²) in [5, 5.41) is 11.1. The molecule has 1 amide bonds. The number of hydrogen-bond acceptors (Lipinski definition) is 4. The van der Waals surface area contributed by atoms with E-state index >= 15 is 0 Å². The summed E-state index contributed by atoms with van der Waals surface area (Å²) in [5.74, 6) is -0.530. The molecule has 0 atom stereocenters. The first-order valence-corrected chi connectivity index (χ1v) is 5.51. The van der Waals surface area contributed by atoms with Gasteiger partial charge in [0.15, 0.2) is 0 Å². The molecule has 2 aromatic rings. The van der Waals surface area contributed by atoms with Crippen molar-refractivity contribution in [2.45, 2.75) is 6.92 Å². The molecule has 0 spiro atoms. The van der Waals surface area contributed by atoms with Gasteiger partial charge in [0.2, 0.25) is 0 Å². The zero-order chi connectivity index (χ0) is 13.1. The summed E-state index contributed by atoms with van der Waals surface area (Å²) < 4.78 is 1.34. The van der Waals surface area contributed by atoms with E-state index in [9.17, 15) is 9.59 Å². The zero-order valence-corrected chi connectivity index (χ0v) is 9.88. The van der Waals surface area contributed by atoms with Crippen LogP contribution in [0.25, 0.3) is 5.65 Å². The monoisotopic (exact) mass is 247 g/mol. The maximum atomic E-state index is 12.1. The molecular weight excluding hydrogens is 234 g/mol. The smallest absolute Gasteiger partial charge is 0.270 e. The molecule has 0 bridgehead atoms. The highest BCUT2D eigenvalue weighted by Gasteiger charge is 2.12. The van der Waals surface area contributed by atoms with Crippen LogP contribution in [0.3, 0.4) is 0 Å². The van der Waals surface area contributed by atoms with Gasteiger partial charge in [0, 0.05) is 18.9 Å². The first kappa shape index (κ1) is 12.3. The highest BCUT2D eigenvalue weighted by molar-refractivity contribution is 5.93. The van der Waals surface area contributed by atoms with E-state index in [1.54, 1.807) is 12.3 Å². The van der Waals surface area contributed by atoms with Crippen molar-refractivity contribution in [1.29, 1.82) is 0 Å². The molecule has 0 aromatic carbocycles. The Balaban J connectivity index is 2.52. The van der Waals surface area contributed by atoms with E-state index in [-0.39, 0.29) is 18.7 Å². The van der Waals surface area contributed by atoms with E-state index < -0.39 is 11.5 Å². The number of pyridine rings is 1. The van der Waals surface area contributed by atoms with Crippen LogP contribution >= 0.6 is 0 Å². The fourth-order valence-electron chi connectivity index (χ4n) is 1.67. The Morgan fingerprint density at radius 3 is 3.06 bits per heavy atom. The van der Waals surface area contributed by atoms with Gasteiger partial charge in [-0.15, -0.1) is 0 Å². The average Bonchev–Trinajstić information content (AvgIpc) is 2.37. The molecule has 0 saturated heterocycles. The van der Waals surface area contributed by atoms with Crippen LogP contribution in [0.5, 0.6) is 0 Å². The number of amides is 1. The van der Waals surface area contributed by atoms with Gasteiger partial charge in [-0.05, 0) is 18.6 Å². The Kier molecular flexibility index (Phi) is 3.38. The summed E-state index contributed by atoms with van der Waals surface area (Å²) >= 11 is 0. The molecule has 0 radical (unpaired) electrons. The zero-order valence-electron chi connectivity index (χ0n) is 9.88. The van der Waals surface area contributed by atoms with Crippen molar-refractivity contribution >= 4 is 11.6 Å². The number of aliphatic hydroxyl groups excluding tert-OH is 1. The highest BCUT2D eigenvalue weighted by atomic mass is 16.3. The lowest BCUT2D eigenvalue weighted by Gasteiger charge is -2.06. The molecule has 0 aliphatic heterocycles. The third-order valence-corrected chi connectivity index (χ3v) is 2.57. The van der Waals surface area contributed by atoms with Crippen molar-refractivity contribution in [2.24, 2.45) is 0 Å². The van der Waals surface area contributed by atoms with Crippen LogP contribution in [-0.4, -0.2) is 33.6 Å². The summed E-state index contributed by atoms with van der Waals surface area (Å²) in [6.45, 7) is 1.77. The van der Waals surface area contributed by atoms with Crippen LogP contribution in [0.15, 0.2) is 29.3 Å². The van der Waals surface area contributed by atoms with Gasteiger partial charge >= 0.3 is 0 Å². The second kappa shape index (κ2) is 4.97. The number of hydrogen-bond donors (Lipinski definition) is 2. The maximum Gasteiger partial charge on any atom is 0.270 e. The summed E-state index contributed by atoms with van der Waals surface area (Å²) in [5.41, 5.74) is 0.934. The van der Waals surface area contributed by atoms with E-state index in [0.717, 1.165) is 5.56 Å². The number of carbonyl (C=O) groups excluding carboxylic acids is 1. The van der Waals surface area contributed by atoms with E-state index in [1.807, 2.05) is 13.0 Å². The highest BCUT2D eigenvalue weighted by Crippen LogP contribution is 2.04. The summed E-state index contributed by atoms with van der Waals surface area (Å²) in [4.78, 5) is 27.9. The van der Waals surface area contributed by atoms with Gasteiger partial charge in [-0.1, -0.05) is 6.07 Å². The van der Waals surface area contributed by atoms with Gasteiger partial charge in [0.1, 0.15) is 11.2 Å². The molecule has 94 valence electrons. The van der Waals surface area contributed by atoms with E-state index in [1.165, 1.54) is 10.6 Å². The summed E-state index contributed by atoms with van der Waals surface area (Å²) in [6, 6.07) is 3.56. The molecule has 2 aromatic heterocycles. The third-order valence-electron chi connectivity index (χ3n) is 2.57. The standard InChI is InChI=1S/C12H13N3O3/c1-8-3-2-5-15-10(8)14-7-9(12(15)18)11(17)13-4-6-16/h2-3,5,7,16H,4,6H2,1H3,(H,13,17). The van der Waals surface area contributed by atoms with E-state index in [4.69, 9.17) is 5.11 Å². The van der Waals surface area contributed by atoms with Crippen molar-refractivity contribution in [1.82, 2.24) is 14.7 Å². The van der Waals surface area contributed by atoms with E-state index in [2.05, 4.69) is 10.3 Å². The normalized spacial score (nSPS) is 10.6. The fraction of sp³-hybridized carbons (Fsp3) is 0.250. The largest absolute Gasteiger partial charge is 0.395 e. The molecule has 0 fully saturated rings. The SMILES string of the molecule is Cc1cccn2c(=O)c(C(=O)NCCO)cnc12. The minimum atomic E-state index is -0.530. The van der Waals surface area contributed by atoms with Crippen LogP contribution < -0.4 is 10.9 Å². The van der Waals surface area contributed by atoms with Crippen LogP contribution in [0.2, 0.25) is 0 Å². The van der Waals surface area contributed by atoms with Crippen LogP contribution in [0.4, 0.5) is 0 Å². The van der Waals surface area contributed by atoms with Crippen molar-refractivity contribution in [2.75, 3.05) is 13.2 Å². The lowest BCUT2D eigenvalue weighted by atomic mass is 10.2. The van der Waals surface area contributed by atoms with Gasteiger partial charge in [-0.25, -0.2) is 4.98 Å². The van der Waals surface area contributed by atoms with Gasteiger partial charge < -0.3 is 10.4 Å².